The smallest absolute Gasteiger partial charge is 0.291 e. The molecule has 0 unspecified atom stereocenters. The minimum Gasteiger partial charge on any atom is -0.307 e. The number of nitro benzene ring substituents is 1. The summed E-state index contributed by atoms with van der Waals surface area (Å²) >= 11 is 5.78. The van der Waals surface area contributed by atoms with E-state index < -0.39 is 25.5 Å². The number of rotatable bonds is 3. The van der Waals surface area contributed by atoms with Crippen molar-refractivity contribution in [2.45, 2.75) is 11.4 Å². The molecular formula is C15H11ClN4O4S. The molecule has 2 heterocycles. The van der Waals surface area contributed by atoms with Crippen molar-refractivity contribution >= 4 is 44.3 Å². The number of sulfonamides is 1. The Morgan fingerprint density at radius 3 is 2.68 bits per heavy atom. The fourth-order valence-corrected chi connectivity index (χ4v) is 4.68. The molecule has 0 bridgehead atoms. The van der Waals surface area contributed by atoms with Crippen LogP contribution in [0.5, 0.6) is 0 Å². The number of nitro groups is 1. The van der Waals surface area contributed by atoms with Crippen molar-refractivity contribution in [3.8, 4) is 0 Å². The van der Waals surface area contributed by atoms with Gasteiger partial charge in [-0.25, -0.2) is 17.7 Å². The molecule has 0 radical (unpaired) electrons. The number of anilines is 1. The van der Waals surface area contributed by atoms with Gasteiger partial charge in [0.1, 0.15) is 0 Å². The van der Waals surface area contributed by atoms with E-state index in [-0.39, 0.29) is 17.5 Å². The molecule has 0 fully saturated rings. The Labute approximate surface area is 147 Å². The van der Waals surface area contributed by atoms with Crippen LogP contribution in [0.15, 0.2) is 47.4 Å². The van der Waals surface area contributed by atoms with Crippen LogP contribution in [-0.2, 0) is 16.6 Å². The topological polar surface area (TPSA) is 98.3 Å². The summed E-state index contributed by atoms with van der Waals surface area (Å²) in [5.41, 5.74) is 0.936. The average Bonchev–Trinajstić information content (AvgIpc) is 3.13. The second kappa shape index (κ2) is 5.43. The normalized spacial score (nSPS) is 14.0. The maximum absolute atomic E-state index is 13.0. The Balaban J connectivity index is 1.88. The summed E-state index contributed by atoms with van der Waals surface area (Å²) in [4.78, 5) is 14.5. The van der Waals surface area contributed by atoms with Crippen LogP contribution in [0, 0.1) is 10.1 Å². The molecule has 0 aliphatic carbocycles. The lowest BCUT2D eigenvalue weighted by Crippen LogP contribution is -2.30. The summed E-state index contributed by atoms with van der Waals surface area (Å²) < 4.78 is 29.0. The summed E-state index contributed by atoms with van der Waals surface area (Å²) in [5.74, 6) is 0.255. The Morgan fingerprint density at radius 2 is 1.92 bits per heavy atom. The fourth-order valence-electron chi connectivity index (χ4n) is 2.96. The van der Waals surface area contributed by atoms with Gasteiger partial charge in [0, 0.05) is 17.6 Å². The van der Waals surface area contributed by atoms with E-state index in [0.717, 1.165) is 22.0 Å². The molecule has 0 saturated heterocycles. The average molecular weight is 379 g/mol. The minimum absolute atomic E-state index is 0.0966. The second-order valence-electron chi connectivity index (χ2n) is 5.50. The van der Waals surface area contributed by atoms with E-state index in [2.05, 4.69) is 4.98 Å². The van der Waals surface area contributed by atoms with Crippen molar-refractivity contribution in [3.63, 3.8) is 0 Å². The van der Waals surface area contributed by atoms with Crippen molar-refractivity contribution in [3.05, 3.63) is 57.6 Å². The second-order valence-corrected chi connectivity index (χ2v) is 7.77. The lowest BCUT2D eigenvalue weighted by molar-refractivity contribution is -0.387. The van der Waals surface area contributed by atoms with Gasteiger partial charge in [0.25, 0.3) is 15.7 Å². The van der Waals surface area contributed by atoms with Crippen molar-refractivity contribution in [1.82, 2.24) is 9.55 Å². The van der Waals surface area contributed by atoms with Gasteiger partial charge in [0.2, 0.25) is 5.95 Å². The number of aromatic nitrogens is 2. The maximum Gasteiger partial charge on any atom is 0.291 e. The Hall–Kier alpha value is -2.65. The zero-order valence-electron chi connectivity index (χ0n) is 12.7. The number of halogens is 1. The van der Waals surface area contributed by atoms with E-state index in [9.17, 15) is 18.5 Å². The van der Waals surface area contributed by atoms with Gasteiger partial charge in [-0.3, -0.25) is 10.1 Å². The fraction of sp³-hybridized carbons (Fsp3) is 0.133. The van der Waals surface area contributed by atoms with Crippen LogP contribution in [0.25, 0.3) is 11.0 Å². The highest BCUT2D eigenvalue weighted by atomic mass is 35.5. The Morgan fingerprint density at radius 1 is 1.16 bits per heavy atom. The number of imidazole rings is 1. The summed E-state index contributed by atoms with van der Waals surface area (Å²) in [6.45, 7) is 0.589. The highest BCUT2D eigenvalue weighted by Crippen LogP contribution is 2.35. The number of nitrogens with zero attached hydrogens (tertiary/aromatic N) is 4. The number of fused-ring (bicyclic) bond motifs is 3. The van der Waals surface area contributed by atoms with E-state index >= 15 is 0 Å². The van der Waals surface area contributed by atoms with Gasteiger partial charge >= 0.3 is 0 Å². The largest absolute Gasteiger partial charge is 0.307 e. The third-order valence-corrected chi connectivity index (χ3v) is 6.13. The SMILES string of the molecule is O=[N+]([O-])c1cc(Cl)ccc1S(=O)(=O)N1CCn2c1nc1ccccc12. The first-order valence-electron chi connectivity index (χ1n) is 7.31. The molecular weight excluding hydrogens is 368 g/mol. The molecule has 1 aliphatic heterocycles. The number of benzene rings is 2. The van der Waals surface area contributed by atoms with E-state index in [1.807, 2.05) is 18.2 Å². The molecule has 8 nitrogen and oxygen atoms in total. The summed E-state index contributed by atoms with van der Waals surface area (Å²) in [5, 5.41) is 11.4. The maximum atomic E-state index is 13.0. The Kier molecular flexibility index (Phi) is 3.44. The van der Waals surface area contributed by atoms with Crippen LogP contribution in [-0.4, -0.2) is 29.4 Å². The van der Waals surface area contributed by atoms with Gasteiger partial charge in [-0.2, -0.15) is 0 Å². The number of hydrogen-bond acceptors (Lipinski definition) is 5. The van der Waals surface area contributed by atoms with Crippen LogP contribution >= 0.6 is 11.6 Å². The lowest BCUT2D eigenvalue weighted by atomic mass is 10.3. The number of para-hydroxylation sites is 2. The van der Waals surface area contributed by atoms with Crippen LogP contribution in [0.1, 0.15) is 0 Å². The van der Waals surface area contributed by atoms with E-state index in [1.165, 1.54) is 6.07 Å². The molecule has 1 aliphatic rings. The van der Waals surface area contributed by atoms with Crippen molar-refractivity contribution in [2.75, 3.05) is 10.8 Å². The molecule has 10 heteroatoms. The van der Waals surface area contributed by atoms with Gasteiger partial charge in [0.05, 0.1) is 22.5 Å². The van der Waals surface area contributed by atoms with Crippen LogP contribution < -0.4 is 4.31 Å². The molecule has 0 atom stereocenters. The van der Waals surface area contributed by atoms with Gasteiger partial charge in [-0.1, -0.05) is 23.7 Å². The highest BCUT2D eigenvalue weighted by Gasteiger charge is 2.37. The standard InChI is InChI=1S/C15H11ClN4O4S/c16-10-5-6-14(13(9-10)20(21)22)25(23,24)19-8-7-18-12-4-2-1-3-11(12)17-15(18)19/h1-6,9H,7-8H2. The quantitative estimate of drug-likeness (QED) is 0.515. The zero-order chi connectivity index (χ0) is 17.8. The van der Waals surface area contributed by atoms with Gasteiger partial charge < -0.3 is 4.57 Å². The van der Waals surface area contributed by atoms with E-state index in [0.29, 0.717) is 12.1 Å². The van der Waals surface area contributed by atoms with Crippen LogP contribution in [0.2, 0.25) is 5.02 Å². The molecule has 0 saturated carbocycles. The van der Waals surface area contributed by atoms with Crippen LogP contribution in [0.3, 0.4) is 0 Å². The van der Waals surface area contributed by atoms with Crippen molar-refractivity contribution in [2.24, 2.45) is 0 Å². The third kappa shape index (κ3) is 2.35. The monoisotopic (exact) mass is 378 g/mol. The van der Waals surface area contributed by atoms with Gasteiger partial charge in [-0.05, 0) is 24.3 Å². The molecule has 4 rings (SSSR count). The molecule has 1 aromatic heterocycles. The molecule has 2 aromatic carbocycles. The first kappa shape index (κ1) is 15.9. The van der Waals surface area contributed by atoms with E-state index in [1.54, 1.807) is 10.6 Å². The van der Waals surface area contributed by atoms with Gasteiger partial charge in [-0.15, -0.1) is 0 Å². The molecule has 128 valence electrons. The predicted molar refractivity (Wildman–Crippen MR) is 92.4 cm³/mol. The summed E-state index contributed by atoms with van der Waals surface area (Å²) in [6.07, 6.45) is 0. The van der Waals surface area contributed by atoms with E-state index in [4.69, 9.17) is 11.6 Å². The van der Waals surface area contributed by atoms with Gasteiger partial charge in [0.15, 0.2) is 4.90 Å². The molecule has 0 amide bonds. The minimum atomic E-state index is -4.14. The third-order valence-electron chi connectivity index (χ3n) is 4.07. The first-order chi connectivity index (χ1) is 11.9. The highest BCUT2D eigenvalue weighted by molar-refractivity contribution is 7.93. The molecule has 25 heavy (non-hydrogen) atoms. The zero-order valence-corrected chi connectivity index (χ0v) is 14.2. The summed E-state index contributed by atoms with van der Waals surface area (Å²) in [6, 6.07) is 10.8. The molecule has 3 aromatic rings. The van der Waals surface area contributed by atoms with Crippen molar-refractivity contribution in [1.29, 1.82) is 0 Å². The predicted octanol–water partition coefficient (Wildman–Crippen LogP) is 2.81. The first-order valence-corrected chi connectivity index (χ1v) is 9.13. The number of hydrogen-bond donors (Lipinski definition) is 0. The lowest BCUT2D eigenvalue weighted by Gasteiger charge is -2.16. The molecule has 0 spiro atoms. The van der Waals surface area contributed by atoms with Crippen LogP contribution in [0.4, 0.5) is 11.6 Å². The summed E-state index contributed by atoms with van der Waals surface area (Å²) in [7, 11) is -4.14. The Bertz CT molecular complexity index is 1130. The molecule has 0 N–H and O–H groups in total. The van der Waals surface area contributed by atoms with Crippen molar-refractivity contribution < 1.29 is 13.3 Å².